The maximum atomic E-state index is 12.5. The van der Waals surface area contributed by atoms with Gasteiger partial charge in [0.05, 0.1) is 5.56 Å². The maximum absolute atomic E-state index is 12.5. The van der Waals surface area contributed by atoms with Gasteiger partial charge in [0.25, 0.3) is 0 Å². The predicted molar refractivity (Wildman–Crippen MR) is 49.0 cm³/mol. The van der Waals surface area contributed by atoms with Crippen LogP contribution in [0.25, 0.3) is 0 Å². The number of para-hydroxylation sites is 1. The number of methoxy groups -OCH3 is 1. The van der Waals surface area contributed by atoms with Gasteiger partial charge < -0.3 is 9.47 Å². The van der Waals surface area contributed by atoms with Gasteiger partial charge in [0.15, 0.2) is 0 Å². The van der Waals surface area contributed by atoms with Crippen molar-refractivity contribution in [1.29, 1.82) is 0 Å². The summed E-state index contributed by atoms with van der Waals surface area (Å²) in [4.78, 5) is 11.0. The molecule has 0 bridgehead atoms. The van der Waals surface area contributed by atoms with Gasteiger partial charge in [0.1, 0.15) is 12.4 Å². The van der Waals surface area contributed by atoms with Crippen LogP contribution < -0.4 is 4.74 Å². The zero-order valence-corrected chi connectivity index (χ0v) is 8.38. The third-order valence-corrected chi connectivity index (χ3v) is 1.68. The molecular formula is C10H9F3O3. The van der Waals surface area contributed by atoms with Crippen molar-refractivity contribution >= 4 is 5.97 Å². The largest absolute Gasteiger partial charge is 0.424 e. The fourth-order valence-electron chi connectivity index (χ4n) is 1.06. The maximum Gasteiger partial charge on any atom is 0.419 e. The summed E-state index contributed by atoms with van der Waals surface area (Å²) in [5.74, 6) is -1.39. The molecule has 1 aromatic carbocycles. The average Bonchev–Trinajstić information content (AvgIpc) is 2.17. The Balaban J connectivity index is 2.92. The smallest absolute Gasteiger partial charge is 0.419 e. The summed E-state index contributed by atoms with van der Waals surface area (Å²) in [5, 5.41) is 0. The lowest BCUT2D eigenvalue weighted by atomic mass is 10.2. The lowest BCUT2D eigenvalue weighted by molar-refractivity contribution is -0.144. The summed E-state index contributed by atoms with van der Waals surface area (Å²) in [6.07, 6.45) is -4.55. The first-order valence-electron chi connectivity index (χ1n) is 4.31. The normalized spacial score (nSPS) is 11.2. The first-order valence-corrected chi connectivity index (χ1v) is 4.31. The van der Waals surface area contributed by atoms with Gasteiger partial charge in [-0.05, 0) is 12.1 Å². The number of ether oxygens (including phenoxy) is 2. The second kappa shape index (κ2) is 4.98. The van der Waals surface area contributed by atoms with Crippen molar-refractivity contribution in [2.45, 2.75) is 6.18 Å². The number of halogens is 3. The topological polar surface area (TPSA) is 35.5 Å². The summed E-state index contributed by atoms with van der Waals surface area (Å²) in [6, 6.07) is 4.49. The Kier molecular flexibility index (Phi) is 3.89. The zero-order valence-electron chi connectivity index (χ0n) is 8.38. The molecule has 88 valence electrons. The van der Waals surface area contributed by atoms with Crippen LogP contribution in [0.2, 0.25) is 0 Å². The van der Waals surface area contributed by atoms with Crippen molar-refractivity contribution in [2.24, 2.45) is 0 Å². The molecule has 0 unspecified atom stereocenters. The molecule has 0 heterocycles. The Morgan fingerprint density at radius 1 is 1.31 bits per heavy atom. The van der Waals surface area contributed by atoms with E-state index < -0.39 is 30.1 Å². The monoisotopic (exact) mass is 234 g/mol. The molecule has 0 saturated carbocycles. The second-order valence-corrected chi connectivity index (χ2v) is 2.90. The van der Waals surface area contributed by atoms with E-state index in [0.29, 0.717) is 0 Å². The molecule has 0 aliphatic rings. The van der Waals surface area contributed by atoms with Crippen LogP contribution in [0.5, 0.6) is 5.75 Å². The van der Waals surface area contributed by atoms with Crippen LogP contribution >= 0.6 is 0 Å². The van der Waals surface area contributed by atoms with Crippen LogP contribution in [-0.2, 0) is 15.7 Å². The van der Waals surface area contributed by atoms with Crippen molar-refractivity contribution in [3.05, 3.63) is 29.8 Å². The van der Waals surface area contributed by atoms with Gasteiger partial charge in [-0.15, -0.1) is 0 Å². The van der Waals surface area contributed by atoms with Crippen LogP contribution in [0, 0.1) is 0 Å². The number of alkyl halides is 3. The minimum Gasteiger partial charge on any atom is -0.424 e. The molecule has 3 nitrogen and oxygen atoms in total. The Labute approximate surface area is 89.8 Å². The highest BCUT2D eigenvalue weighted by atomic mass is 19.4. The lowest BCUT2D eigenvalue weighted by Crippen LogP contribution is -2.17. The van der Waals surface area contributed by atoms with Gasteiger partial charge in [-0.25, -0.2) is 4.79 Å². The molecule has 0 aromatic heterocycles. The standard InChI is InChI=1S/C10H9F3O3/c1-15-6-9(14)16-8-5-3-2-4-7(8)10(11,12)13/h2-5H,6H2,1H3. The Hall–Kier alpha value is -1.56. The Morgan fingerprint density at radius 3 is 2.50 bits per heavy atom. The molecule has 0 fully saturated rings. The number of carbonyl (C=O) groups is 1. The van der Waals surface area contributed by atoms with E-state index in [1.54, 1.807) is 0 Å². The molecule has 0 N–H and O–H groups in total. The zero-order chi connectivity index (χ0) is 12.2. The SMILES string of the molecule is COCC(=O)Oc1ccccc1C(F)(F)F. The van der Waals surface area contributed by atoms with Gasteiger partial charge in [-0.1, -0.05) is 12.1 Å². The number of benzene rings is 1. The van der Waals surface area contributed by atoms with Gasteiger partial charge in [-0.3, -0.25) is 0 Å². The number of esters is 1. The van der Waals surface area contributed by atoms with E-state index in [2.05, 4.69) is 9.47 Å². The van der Waals surface area contributed by atoms with Crippen molar-refractivity contribution < 1.29 is 27.4 Å². The van der Waals surface area contributed by atoms with Crippen LogP contribution in [0.15, 0.2) is 24.3 Å². The van der Waals surface area contributed by atoms with Crippen molar-refractivity contribution in [3.8, 4) is 5.75 Å². The van der Waals surface area contributed by atoms with Crippen LogP contribution in [0.1, 0.15) is 5.56 Å². The molecule has 6 heteroatoms. The fourth-order valence-corrected chi connectivity index (χ4v) is 1.06. The molecule has 1 aromatic rings. The number of hydrogen-bond donors (Lipinski definition) is 0. The number of carbonyl (C=O) groups excluding carboxylic acids is 1. The third kappa shape index (κ3) is 3.23. The third-order valence-electron chi connectivity index (χ3n) is 1.68. The van der Waals surface area contributed by atoms with E-state index in [1.165, 1.54) is 19.2 Å². The summed E-state index contributed by atoms with van der Waals surface area (Å²) in [6.45, 7) is -0.397. The number of rotatable bonds is 3. The summed E-state index contributed by atoms with van der Waals surface area (Å²) in [7, 11) is 1.25. The van der Waals surface area contributed by atoms with E-state index >= 15 is 0 Å². The van der Waals surface area contributed by atoms with E-state index in [0.717, 1.165) is 12.1 Å². The van der Waals surface area contributed by atoms with Gasteiger partial charge >= 0.3 is 12.1 Å². The molecule has 0 saturated heterocycles. The fraction of sp³-hybridized carbons (Fsp3) is 0.300. The highest BCUT2D eigenvalue weighted by Crippen LogP contribution is 2.35. The summed E-state index contributed by atoms with van der Waals surface area (Å²) in [5.41, 5.74) is -0.987. The van der Waals surface area contributed by atoms with E-state index in [4.69, 9.17) is 0 Å². The van der Waals surface area contributed by atoms with E-state index in [1.807, 2.05) is 0 Å². The lowest BCUT2D eigenvalue weighted by Gasteiger charge is -2.11. The minimum absolute atomic E-state index is 0.397. The van der Waals surface area contributed by atoms with Gasteiger partial charge in [0.2, 0.25) is 0 Å². The van der Waals surface area contributed by atoms with Crippen molar-refractivity contribution in [2.75, 3.05) is 13.7 Å². The highest BCUT2D eigenvalue weighted by molar-refractivity contribution is 5.74. The van der Waals surface area contributed by atoms with Gasteiger partial charge in [-0.2, -0.15) is 13.2 Å². The van der Waals surface area contributed by atoms with Crippen molar-refractivity contribution in [1.82, 2.24) is 0 Å². The molecule has 0 amide bonds. The Bertz CT molecular complexity index is 374. The highest BCUT2D eigenvalue weighted by Gasteiger charge is 2.34. The minimum atomic E-state index is -4.55. The molecule has 16 heavy (non-hydrogen) atoms. The molecule has 0 atom stereocenters. The summed E-state index contributed by atoms with van der Waals surface area (Å²) >= 11 is 0. The molecule has 0 spiro atoms. The molecule has 0 radical (unpaired) electrons. The molecular weight excluding hydrogens is 225 g/mol. The molecule has 1 rings (SSSR count). The van der Waals surface area contributed by atoms with E-state index in [-0.39, 0.29) is 0 Å². The predicted octanol–water partition coefficient (Wildman–Crippen LogP) is 2.26. The van der Waals surface area contributed by atoms with E-state index in [9.17, 15) is 18.0 Å². The van der Waals surface area contributed by atoms with Crippen LogP contribution in [0.3, 0.4) is 0 Å². The molecule has 0 aliphatic heterocycles. The first kappa shape index (κ1) is 12.5. The van der Waals surface area contributed by atoms with Gasteiger partial charge in [0, 0.05) is 7.11 Å². The van der Waals surface area contributed by atoms with Crippen LogP contribution in [0.4, 0.5) is 13.2 Å². The number of hydrogen-bond acceptors (Lipinski definition) is 3. The first-order chi connectivity index (χ1) is 7.45. The Morgan fingerprint density at radius 2 is 1.94 bits per heavy atom. The average molecular weight is 234 g/mol. The van der Waals surface area contributed by atoms with Crippen molar-refractivity contribution in [3.63, 3.8) is 0 Å². The molecule has 0 aliphatic carbocycles. The summed E-state index contributed by atoms with van der Waals surface area (Å²) < 4.78 is 46.4. The second-order valence-electron chi connectivity index (χ2n) is 2.90. The van der Waals surface area contributed by atoms with Crippen LogP contribution in [-0.4, -0.2) is 19.7 Å². The quantitative estimate of drug-likeness (QED) is 0.594.